The molecule has 2 rings (SSSR count). The van der Waals surface area contributed by atoms with Crippen LogP contribution in [0.5, 0.6) is 5.75 Å². The Bertz CT molecular complexity index is 669. The summed E-state index contributed by atoms with van der Waals surface area (Å²) in [4.78, 5) is 12.0. The maximum absolute atomic E-state index is 12.0. The van der Waals surface area contributed by atoms with Crippen molar-refractivity contribution in [1.29, 1.82) is 0 Å². The smallest absolute Gasteiger partial charge is 0.224 e. The fourth-order valence-corrected chi connectivity index (χ4v) is 2.49. The van der Waals surface area contributed by atoms with Gasteiger partial charge < -0.3 is 15.2 Å². The van der Waals surface area contributed by atoms with Gasteiger partial charge in [-0.1, -0.05) is 42.0 Å². The number of rotatable bonds is 8. The van der Waals surface area contributed by atoms with Crippen molar-refractivity contribution in [2.45, 2.75) is 39.3 Å². The van der Waals surface area contributed by atoms with Crippen molar-refractivity contribution >= 4 is 5.91 Å². The minimum Gasteiger partial charge on any atom is -0.489 e. The number of carbonyl (C=O) groups is 1. The summed E-state index contributed by atoms with van der Waals surface area (Å²) in [5.41, 5.74) is 3.24. The summed E-state index contributed by atoms with van der Waals surface area (Å²) in [6.45, 7) is 4.52. The van der Waals surface area contributed by atoms with Gasteiger partial charge in [-0.25, -0.2) is 0 Å². The van der Waals surface area contributed by atoms with Crippen LogP contribution in [-0.4, -0.2) is 23.7 Å². The van der Waals surface area contributed by atoms with E-state index in [1.807, 2.05) is 43.3 Å². The number of aliphatic hydroxyl groups is 1. The summed E-state index contributed by atoms with van der Waals surface area (Å²) < 4.78 is 5.82. The molecule has 0 saturated heterocycles. The van der Waals surface area contributed by atoms with Crippen molar-refractivity contribution in [2.75, 3.05) is 6.61 Å². The van der Waals surface area contributed by atoms with Gasteiger partial charge in [-0.05, 0) is 43.5 Å². The first-order valence-electron chi connectivity index (χ1n) is 8.24. The molecule has 0 radical (unpaired) electrons. The fourth-order valence-electron chi connectivity index (χ4n) is 2.49. The topological polar surface area (TPSA) is 58.6 Å². The third kappa shape index (κ3) is 6.05. The molecule has 2 aromatic rings. The van der Waals surface area contributed by atoms with Gasteiger partial charge in [0, 0.05) is 12.6 Å². The van der Waals surface area contributed by atoms with E-state index in [2.05, 4.69) is 24.4 Å². The van der Waals surface area contributed by atoms with Gasteiger partial charge in [0.05, 0.1) is 6.42 Å². The number of hydrogen-bond acceptors (Lipinski definition) is 3. The molecule has 1 atom stereocenters. The Hall–Kier alpha value is -2.33. The summed E-state index contributed by atoms with van der Waals surface area (Å²) in [5, 5.41) is 11.8. The van der Waals surface area contributed by atoms with E-state index >= 15 is 0 Å². The Balaban J connectivity index is 1.90. The molecule has 0 aliphatic carbocycles. The highest BCUT2D eigenvalue weighted by molar-refractivity contribution is 5.78. The average molecular weight is 327 g/mol. The molecule has 1 amide bonds. The molecule has 0 aliphatic rings. The highest BCUT2D eigenvalue weighted by atomic mass is 16.5. The predicted octanol–water partition coefficient (Wildman–Crippen LogP) is 3.00. The molecular formula is C20H25NO3. The lowest BCUT2D eigenvalue weighted by Gasteiger charge is -2.13. The van der Waals surface area contributed by atoms with E-state index in [9.17, 15) is 4.79 Å². The third-order valence-corrected chi connectivity index (χ3v) is 3.72. The molecule has 0 spiro atoms. The third-order valence-electron chi connectivity index (χ3n) is 3.72. The molecular weight excluding hydrogens is 302 g/mol. The molecule has 4 nitrogen and oxygen atoms in total. The second-order valence-corrected chi connectivity index (χ2v) is 6.08. The maximum Gasteiger partial charge on any atom is 0.224 e. The Morgan fingerprint density at radius 2 is 1.92 bits per heavy atom. The SMILES string of the molecule is Cc1cccc(COc2cccc(CC(=O)NC(C)CCO)c2)c1. The fraction of sp³-hybridized carbons (Fsp3) is 0.350. The number of aryl methyl sites for hydroxylation is 1. The van der Waals surface area contributed by atoms with E-state index in [4.69, 9.17) is 9.84 Å². The summed E-state index contributed by atoms with van der Waals surface area (Å²) >= 11 is 0. The Morgan fingerprint density at radius 1 is 1.17 bits per heavy atom. The zero-order valence-electron chi connectivity index (χ0n) is 14.3. The summed E-state index contributed by atoms with van der Waals surface area (Å²) in [7, 11) is 0. The van der Waals surface area contributed by atoms with Crippen LogP contribution in [-0.2, 0) is 17.8 Å². The van der Waals surface area contributed by atoms with Crippen LogP contribution in [0.3, 0.4) is 0 Å². The van der Waals surface area contributed by atoms with Crippen LogP contribution in [0.1, 0.15) is 30.0 Å². The van der Waals surface area contributed by atoms with Crippen molar-refractivity contribution in [3.8, 4) is 5.75 Å². The van der Waals surface area contributed by atoms with Gasteiger partial charge in [0.15, 0.2) is 0 Å². The van der Waals surface area contributed by atoms with Gasteiger partial charge in [-0.3, -0.25) is 4.79 Å². The van der Waals surface area contributed by atoms with Crippen LogP contribution in [0.4, 0.5) is 0 Å². The highest BCUT2D eigenvalue weighted by Crippen LogP contribution is 2.16. The van der Waals surface area contributed by atoms with E-state index < -0.39 is 0 Å². The van der Waals surface area contributed by atoms with E-state index in [0.29, 0.717) is 19.4 Å². The highest BCUT2D eigenvalue weighted by Gasteiger charge is 2.08. The number of carbonyl (C=O) groups excluding carboxylic acids is 1. The number of nitrogens with one attached hydrogen (secondary N) is 1. The van der Waals surface area contributed by atoms with Gasteiger partial charge in [0.2, 0.25) is 5.91 Å². The van der Waals surface area contributed by atoms with E-state index in [0.717, 1.165) is 16.9 Å². The maximum atomic E-state index is 12.0. The lowest BCUT2D eigenvalue weighted by molar-refractivity contribution is -0.121. The molecule has 0 aliphatic heterocycles. The summed E-state index contributed by atoms with van der Waals surface area (Å²) in [6.07, 6.45) is 0.864. The Kier molecular flexibility index (Phi) is 6.82. The standard InChI is InChI=1S/C20H25NO3/c1-15-5-3-7-18(11-15)14-24-19-8-4-6-17(12-19)13-20(23)21-16(2)9-10-22/h3-8,11-12,16,22H,9-10,13-14H2,1-2H3,(H,21,23). The summed E-state index contributed by atoms with van der Waals surface area (Å²) in [5.74, 6) is 0.706. The molecule has 0 heterocycles. The average Bonchev–Trinajstić information content (AvgIpc) is 2.53. The first kappa shape index (κ1) is 18.0. The van der Waals surface area contributed by atoms with Gasteiger partial charge in [0.25, 0.3) is 0 Å². The molecule has 24 heavy (non-hydrogen) atoms. The lowest BCUT2D eigenvalue weighted by Crippen LogP contribution is -2.34. The second kappa shape index (κ2) is 9.08. The van der Waals surface area contributed by atoms with Crippen LogP contribution >= 0.6 is 0 Å². The normalized spacial score (nSPS) is 11.8. The van der Waals surface area contributed by atoms with Gasteiger partial charge in [0.1, 0.15) is 12.4 Å². The number of ether oxygens (including phenoxy) is 1. The second-order valence-electron chi connectivity index (χ2n) is 6.08. The van der Waals surface area contributed by atoms with Crippen LogP contribution in [0.15, 0.2) is 48.5 Å². The first-order valence-corrected chi connectivity index (χ1v) is 8.24. The number of amides is 1. The van der Waals surface area contributed by atoms with Crippen LogP contribution < -0.4 is 10.1 Å². The monoisotopic (exact) mass is 327 g/mol. The molecule has 128 valence electrons. The Morgan fingerprint density at radius 3 is 2.67 bits per heavy atom. The Labute approximate surface area is 143 Å². The van der Waals surface area contributed by atoms with E-state index in [1.165, 1.54) is 5.56 Å². The first-order chi connectivity index (χ1) is 11.6. The zero-order valence-corrected chi connectivity index (χ0v) is 14.3. The van der Waals surface area contributed by atoms with Crippen molar-refractivity contribution in [1.82, 2.24) is 5.32 Å². The van der Waals surface area contributed by atoms with Gasteiger partial charge >= 0.3 is 0 Å². The van der Waals surface area contributed by atoms with E-state index in [-0.39, 0.29) is 18.6 Å². The van der Waals surface area contributed by atoms with Crippen LogP contribution in [0.25, 0.3) is 0 Å². The van der Waals surface area contributed by atoms with Gasteiger partial charge in [-0.15, -0.1) is 0 Å². The number of hydrogen-bond donors (Lipinski definition) is 2. The largest absolute Gasteiger partial charge is 0.489 e. The van der Waals surface area contributed by atoms with Crippen molar-refractivity contribution in [3.63, 3.8) is 0 Å². The molecule has 0 bridgehead atoms. The summed E-state index contributed by atoms with van der Waals surface area (Å²) in [6, 6.07) is 15.8. The van der Waals surface area contributed by atoms with E-state index in [1.54, 1.807) is 0 Å². The molecule has 2 N–H and O–H groups in total. The van der Waals surface area contributed by atoms with Gasteiger partial charge in [-0.2, -0.15) is 0 Å². The minimum atomic E-state index is -0.0493. The minimum absolute atomic E-state index is 0.0248. The van der Waals surface area contributed by atoms with Crippen molar-refractivity contribution in [3.05, 3.63) is 65.2 Å². The molecule has 0 fully saturated rings. The van der Waals surface area contributed by atoms with Crippen LogP contribution in [0.2, 0.25) is 0 Å². The molecule has 1 unspecified atom stereocenters. The van der Waals surface area contributed by atoms with Crippen molar-refractivity contribution < 1.29 is 14.6 Å². The number of benzene rings is 2. The van der Waals surface area contributed by atoms with Crippen molar-refractivity contribution in [2.24, 2.45) is 0 Å². The zero-order chi connectivity index (χ0) is 17.4. The molecule has 0 aromatic heterocycles. The predicted molar refractivity (Wildman–Crippen MR) is 95.0 cm³/mol. The number of aliphatic hydroxyl groups excluding tert-OH is 1. The molecule has 2 aromatic carbocycles. The van der Waals surface area contributed by atoms with Crippen LogP contribution in [0, 0.1) is 6.92 Å². The molecule has 0 saturated carbocycles. The molecule has 4 heteroatoms. The quantitative estimate of drug-likeness (QED) is 0.783. The lowest BCUT2D eigenvalue weighted by atomic mass is 10.1.